The lowest BCUT2D eigenvalue weighted by Crippen LogP contribution is -2.62. The van der Waals surface area contributed by atoms with Crippen LogP contribution < -0.4 is 9.64 Å². The van der Waals surface area contributed by atoms with Crippen LogP contribution in [0, 0.1) is 0 Å². The third-order valence-electron chi connectivity index (χ3n) is 6.40. The van der Waals surface area contributed by atoms with Gasteiger partial charge in [0.1, 0.15) is 5.75 Å². The Morgan fingerprint density at radius 1 is 1.03 bits per heavy atom. The molecule has 2 heterocycles. The molecule has 0 saturated carbocycles. The van der Waals surface area contributed by atoms with Gasteiger partial charge in [-0.05, 0) is 41.7 Å². The molecule has 2 aromatic carbocycles. The van der Waals surface area contributed by atoms with Gasteiger partial charge in [-0.15, -0.1) is 0 Å². The fourth-order valence-corrected chi connectivity index (χ4v) is 6.71. The molecule has 0 aliphatic carbocycles. The van der Waals surface area contributed by atoms with Gasteiger partial charge < -0.3 is 9.64 Å². The number of carbonyl (C=O) groups excluding carboxylic acids is 1. The zero-order valence-electron chi connectivity index (χ0n) is 18.3. The minimum Gasteiger partial charge on any atom is -0.496 e. The number of sulfone groups is 1. The van der Waals surface area contributed by atoms with E-state index in [9.17, 15) is 13.2 Å². The van der Waals surface area contributed by atoms with E-state index in [4.69, 9.17) is 4.74 Å². The smallest absolute Gasteiger partial charge is 0.241 e. The number of anilines is 1. The number of nitrogens with zero attached hydrogens (tertiary/aromatic N) is 2. The predicted octanol–water partition coefficient (Wildman–Crippen LogP) is 2.88. The summed E-state index contributed by atoms with van der Waals surface area (Å²) in [6.45, 7) is 5.08. The Balaban J connectivity index is 1.57. The van der Waals surface area contributed by atoms with E-state index in [-0.39, 0.29) is 36.0 Å². The first-order valence-electron chi connectivity index (χ1n) is 10.8. The first-order valence-corrected chi connectivity index (χ1v) is 12.6. The Morgan fingerprint density at radius 3 is 2.39 bits per heavy atom. The van der Waals surface area contributed by atoms with Crippen LogP contribution in [0.3, 0.4) is 0 Å². The van der Waals surface area contributed by atoms with Gasteiger partial charge in [-0.3, -0.25) is 9.69 Å². The van der Waals surface area contributed by atoms with Crippen molar-refractivity contribution >= 4 is 21.4 Å². The highest BCUT2D eigenvalue weighted by molar-refractivity contribution is 7.91. The molecule has 2 aliphatic rings. The van der Waals surface area contributed by atoms with Crippen LogP contribution in [-0.4, -0.2) is 63.0 Å². The van der Waals surface area contributed by atoms with Crippen LogP contribution in [-0.2, 0) is 21.1 Å². The van der Waals surface area contributed by atoms with Gasteiger partial charge in [-0.1, -0.05) is 44.2 Å². The van der Waals surface area contributed by atoms with Crippen molar-refractivity contribution in [1.29, 1.82) is 0 Å². The molecule has 0 bridgehead atoms. The summed E-state index contributed by atoms with van der Waals surface area (Å²) in [6, 6.07) is 15.2. The van der Waals surface area contributed by atoms with Gasteiger partial charge in [0, 0.05) is 18.3 Å². The van der Waals surface area contributed by atoms with E-state index in [1.54, 1.807) is 12.0 Å². The lowest BCUT2D eigenvalue weighted by molar-refractivity contribution is -0.123. The zero-order chi connectivity index (χ0) is 22.2. The average molecular weight is 443 g/mol. The summed E-state index contributed by atoms with van der Waals surface area (Å²) in [7, 11) is -1.56. The summed E-state index contributed by atoms with van der Waals surface area (Å²) in [5.41, 5.74) is 3.04. The van der Waals surface area contributed by atoms with Crippen molar-refractivity contribution in [2.75, 3.05) is 36.6 Å². The van der Waals surface area contributed by atoms with E-state index >= 15 is 0 Å². The highest BCUT2D eigenvalue weighted by Gasteiger charge is 2.49. The second kappa shape index (κ2) is 8.63. The van der Waals surface area contributed by atoms with Crippen molar-refractivity contribution in [1.82, 2.24) is 4.90 Å². The van der Waals surface area contributed by atoms with Crippen LogP contribution in [0.2, 0.25) is 0 Å². The number of fused-ring (bicyclic) bond motifs is 1. The van der Waals surface area contributed by atoms with E-state index in [0.29, 0.717) is 18.9 Å². The molecule has 0 N–H and O–H groups in total. The van der Waals surface area contributed by atoms with Crippen LogP contribution in [0.15, 0.2) is 48.5 Å². The topological polar surface area (TPSA) is 66.9 Å². The number of rotatable bonds is 6. The van der Waals surface area contributed by atoms with Gasteiger partial charge in [0.25, 0.3) is 0 Å². The zero-order valence-corrected chi connectivity index (χ0v) is 19.1. The summed E-state index contributed by atoms with van der Waals surface area (Å²) < 4.78 is 30.6. The Kier molecular flexibility index (Phi) is 6.08. The van der Waals surface area contributed by atoms with Crippen LogP contribution in [0.25, 0.3) is 0 Å². The largest absolute Gasteiger partial charge is 0.496 e. The maximum absolute atomic E-state index is 13.2. The summed E-state index contributed by atoms with van der Waals surface area (Å²) in [5.74, 6) is 1.28. The molecule has 2 saturated heterocycles. The van der Waals surface area contributed by atoms with Crippen molar-refractivity contribution in [3.63, 3.8) is 0 Å². The number of carbonyl (C=O) groups is 1. The van der Waals surface area contributed by atoms with Crippen molar-refractivity contribution < 1.29 is 17.9 Å². The van der Waals surface area contributed by atoms with Crippen molar-refractivity contribution in [3.8, 4) is 5.75 Å². The molecular weight excluding hydrogens is 412 g/mol. The van der Waals surface area contributed by atoms with Gasteiger partial charge in [-0.2, -0.15) is 0 Å². The van der Waals surface area contributed by atoms with Gasteiger partial charge in [0.15, 0.2) is 9.84 Å². The van der Waals surface area contributed by atoms with Crippen LogP contribution >= 0.6 is 0 Å². The van der Waals surface area contributed by atoms with Crippen LogP contribution in [0.5, 0.6) is 5.75 Å². The molecule has 4 rings (SSSR count). The number of hydrogen-bond acceptors (Lipinski definition) is 5. The molecule has 0 spiro atoms. The molecule has 0 aromatic heterocycles. The average Bonchev–Trinajstić information content (AvgIpc) is 3.07. The Bertz CT molecular complexity index is 1050. The number of amides is 1. The number of para-hydroxylation sites is 1. The fourth-order valence-electron chi connectivity index (χ4n) is 4.73. The SMILES string of the molecule is COc1ccccc1CCN1CC(=O)N(c2ccc(C(C)C)cc2)[C@H]2CS(=O)(=O)C[C@H]21. The van der Waals surface area contributed by atoms with E-state index in [1.165, 1.54) is 5.56 Å². The van der Waals surface area contributed by atoms with Gasteiger partial charge in [0.2, 0.25) is 5.91 Å². The highest BCUT2D eigenvalue weighted by atomic mass is 32.2. The summed E-state index contributed by atoms with van der Waals surface area (Å²) in [6.07, 6.45) is 0.698. The Morgan fingerprint density at radius 2 is 1.71 bits per heavy atom. The van der Waals surface area contributed by atoms with E-state index in [2.05, 4.69) is 13.8 Å². The maximum atomic E-state index is 13.2. The molecule has 166 valence electrons. The number of ether oxygens (including phenoxy) is 1. The van der Waals surface area contributed by atoms with Crippen molar-refractivity contribution in [2.45, 2.75) is 38.3 Å². The molecule has 2 aromatic rings. The van der Waals surface area contributed by atoms with Crippen LogP contribution in [0.1, 0.15) is 30.9 Å². The molecule has 2 fully saturated rings. The van der Waals surface area contributed by atoms with Crippen LogP contribution in [0.4, 0.5) is 5.69 Å². The molecule has 6 nitrogen and oxygen atoms in total. The van der Waals surface area contributed by atoms with E-state index in [0.717, 1.165) is 17.0 Å². The minimum absolute atomic E-state index is 0.0144. The quantitative estimate of drug-likeness (QED) is 0.688. The Hall–Kier alpha value is -2.38. The molecule has 31 heavy (non-hydrogen) atoms. The number of hydrogen-bond donors (Lipinski definition) is 0. The normalized spacial score (nSPS) is 23.2. The molecule has 2 aliphatic heterocycles. The lowest BCUT2D eigenvalue weighted by atomic mass is 9.99. The lowest BCUT2D eigenvalue weighted by Gasteiger charge is -2.43. The predicted molar refractivity (Wildman–Crippen MR) is 123 cm³/mol. The first kappa shape index (κ1) is 21.8. The fraction of sp³-hybridized carbons (Fsp3) is 0.458. The second-order valence-electron chi connectivity index (χ2n) is 8.75. The standard InChI is InChI=1S/C24H30N2O4S/c1-17(2)18-8-10-20(11-9-18)26-22-16-31(28,29)15-21(22)25(14-24(26)27)13-12-19-6-4-5-7-23(19)30-3/h4-11,17,21-22H,12-16H2,1-3H3/t21-,22+/m1/s1. The first-order chi connectivity index (χ1) is 14.8. The summed E-state index contributed by atoms with van der Waals surface area (Å²) in [5, 5.41) is 0. The third kappa shape index (κ3) is 4.48. The maximum Gasteiger partial charge on any atom is 0.241 e. The monoisotopic (exact) mass is 442 g/mol. The van der Waals surface area contributed by atoms with E-state index in [1.807, 2.05) is 53.4 Å². The van der Waals surface area contributed by atoms with E-state index < -0.39 is 9.84 Å². The molecule has 7 heteroatoms. The highest BCUT2D eigenvalue weighted by Crippen LogP contribution is 2.32. The Labute approximate surface area is 184 Å². The number of benzene rings is 2. The molecular formula is C24H30N2O4S. The van der Waals surface area contributed by atoms with Crippen molar-refractivity contribution in [3.05, 3.63) is 59.7 Å². The van der Waals surface area contributed by atoms with Gasteiger partial charge >= 0.3 is 0 Å². The number of methoxy groups -OCH3 is 1. The minimum atomic E-state index is -3.20. The third-order valence-corrected chi connectivity index (χ3v) is 8.10. The summed E-state index contributed by atoms with van der Waals surface area (Å²) in [4.78, 5) is 16.9. The molecule has 0 unspecified atom stereocenters. The van der Waals surface area contributed by atoms with Gasteiger partial charge in [0.05, 0.1) is 31.2 Å². The molecule has 0 radical (unpaired) electrons. The molecule has 1 amide bonds. The summed E-state index contributed by atoms with van der Waals surface area (Å²) >= 11 is 0. The molecule has 2 atom stereocenters. The van der Waals surface area contributed by atoms with Crippen molar-refractivity contribution in [2.24, 2.45) is 0 Å². The second-order valence-corrected chi connectivity index (χ2v) is 10.9. The number of piperazine rings is 1. The van der Waals surface area contributed by atoms with Gasteiger partial charge in [-0.25, -0.2) is 8.42 Å².